The number of aryl methyl sites for hydroxylation is 1. The number of benzene rings is 1. The third kappa shape index (κ3) is 5.95. The molecule has 1 unspecified atom stereocenters. The zero-order valence-electron chi connectivity index (χ0n) is 18.4. The molecule has 4 N–H and O–H groups in total. The largest absolute Gasteiger partial charge is 0.388 e. The van der Waals surface area contributed by atoms with Crippen molar-refractivity contribution in [3.63, 3.8) is 0 Å². The maximum Gasteiger partial charge on any atom is 0.162 e. The summed E-state index contributed by atoms with van der Waals surface area (Å²) in [7, 11) is 0. The Bertz CT molecular complexity index is 1010. The number of nitrogens with one attached hydrogen (secondary N) is 2. The van der Waals surface area contributed by atoms with Gasteiger partial charge < -0.3 is 16.4 Å². The molecule has 0 radical (unpaired) electrons. The van der Waals surface area contributed by atoms with Crippen molar-refractivity contribution in [1.29, 1.82) is 0 Å². The summed E-state index contributed by atoms with van der Waals surface area (Å²) in [5, 5.41) is 7.11. The number of hydrogen-bond acceptors (Lipinski definition) is 6. The fraction of sp³-hybridized carbons (Fsp3) is 0.400. The second-order valence-electron chi connectivity index (χ2n) is 8.14. The first-order chi connectivity index (χ1) is 15.7. The number of hydrogen-bond donors (Lipinski definition) is 3. The van der Waals surface area contributed by atoms with Crippen LogP contribution in [0, 0.1) is 0 Å². The van der Waals surface area contributed by atoms with Crippen LogP contribution < -0.4 is 16.4 Å². The van der Waals surface area contributed by atoms with Crippen molar-refractivity contribution in [3.05, 3.63) is 58.9 Å². The number of aromatic nitrogens is 2. The van der Waals surface area contributed by atoms with E-state index in [4.69, 9.17) is 15.7 Å². The van der Waals surface area contributed by atoms with Gasteiger partial charge in [0.15, 0.2) is 5.82 Å². The van der Waals surface area contributed by atoms with Crippen LogP contribution in [0.3, 0.4) is 0 Å². The topological polar surface area (TPSA) is 88.2 Å². The fourth-order valence-electron chi connectivity index (χ4n) is 3.97. The van der Waals surface area contributed by atoms with E-state index in [0.717, 1.165) is 84.5 Å². The standard InChI is InChI=1S/C25H31IN6/c26-17-18-7-1-2-8-20(18)25-31-22-10-4-3-9-21(22)24(32-25)30-15-6-5-14-28-19-11-12-23(27)29-16-13-19/h1-3,7-9,13,16,23,28H,4-6,10-12,14-15,17,27H2,(H,30,31,32). The molecule has 1 aromatic heterocycles. The van der Waals surface area contributed by atoms with Gasteiger partial charge in [-0.25, -0.2) is 9.97 Å². The van der Waals surface area contributed by atoms with E-state index >= 15 is 0 Å². The molecule has 1 atom stereocenters. The number of nitrogens with two attached hydrogens (primary N) is 1. The predicted molar refractivity (Wildman–Crippen MR) is 142 cm³/mol. The van der Waals surface area contributed by atoms with E-state index in [1.807, 2.05) is 12.3 Å². The van der Waals surface area contributed by atoms with Crippen LogP contribution in [-0.2, 0) is 10.8 Å². The molecular formula is C25H31IN6. The van der Waals surface area contributed by atoms with Crippen molar-refractivity contribution in [1.82, 2.24) is 15.3 Å². The molecule has 0 amide bonds. The normalized spacial score (nSPS) is 17.4. The first-order valence-electron chi connectivity index (χ1n) is 11.4. The van der Waals surface area contributed by atoms with E-state index in [2.05, 4.69) is 74.6 Å². The highest BCUT2D eigenvalue weighted by molar-refractivity contribution is 14.1. The molecule has 0 saturated heterocycles. The van der Waals surface area contributed by atoms with E-state index in [0.29, 0.717) is 0 Å². The molecule has 6 nitrogen and oxygen atoms in total. The lowest BCUT2D eigenvalue weighted by Gasteiger charge is -2.17. The number of aliphatic imine (C=N–C) groups is 1. The summed E-state index contributed by atoms with van der Waals surface area (Å²) in [4.78, 5) is 14.1. The second kappa shape index (κ2) is 11.6. The number of allylic oxidation sites excluding steroid dienone is 3. The van der Waals surface area contributed by atoms with Gasteiger partial charge in [0.1, 0.15) is 5.82 Å². The molecule has 2 heterocycles. The van der Waals surface area contributed by atoms with Crippen molar-refractivity contribution in [2.24, 2.45) is 10.7 Å². The number of nitrogens with zero attached hydrogens (tertiary/aromatic N) is 3. The molecule has 168 valence electrons. The van der Waals surface area contributed by atoms with Crippen LogP contribution >= 0.6 is 22.6 Å². The summed E-state index contributed by atoms with van der Waals surface area (Å²) in [6, 6.07) is 8.44. The van der Waals surface area contributed by atoms with E-state index in [-0.39, 0.29) is 6.17 Å². The van der Waals surface area contributed by atoms with Crippen molar-refractivity contribution < 1.29 is 0 Å². The van der Waals surface area contributed by atoms with Gasteiger partial charge in [-0.05, 0) is 50.2 Å². The SMILES string of the molecule is NC1CCC(NCCCCNc2nc(-c3ccccc3CI)nc3c2C=CCC3)=CC=N1. The quantitative estimate of drug-likeness (QED) is 0.240. The molecule has 0 fully saturated rings. The van der Waals surface area contributed by atoms with E-state index in [1.54, 1.807) is 0 Å². The Kier molecular flexibility index (Phi) is 8.28. The van der Waals surface area contributed by atoms with Crippen LogP contribution in [0.2, 0.25) is 0 Å². The number of rotatable bonds is 9. The van der Waals surface area contributed by atoms with Gasteiger partial charge in [-0.15, -0.1) is 0 Å². The maximum absolute atomic E-state index is 5.88. The Balaban J connectivity index is 1.36. The molecule has 1 aromatic carbocycles. The van der Waals surface area contributed by atoms with Crippen LogP contribution in [0.1, 0.15) is 48.9 Å². The minimum atomic E-state index is -0.0728. The molecule has 1 aliphatic heterocycles. The summed E-state index contributed by atoms with van der Waals surface area (Å²) < 4.78 is 0.943. The molecule has 0 bridgehead atoms. The fourth-order valence-corrected chi connectivity index (χ4v) is 4.64. The number of fused-ring (bicyclic) bond motifs is 1. The van der Waals surface area contributed by atoms with E-state index < -0.39 is 0 Å². The summed E-state index contributed by atoms with van der Waals surface area (Å²) in [5.74, 6) is 1.78. The summed E-state index contributed by atoms with van der Waals surface area (Å²) in [6.07, 6.45) is 14.2. The first kappa shape index (κ1) is 22.9. The van der Waals surface area contributed by atoms with Crippen LogP contribution in [0.5, 0.6) is 0 Å². The van der Waals surface area contributed by atoms with E-state index in [9.17, 15) is 0 Å². The average Bonchev–Trinajstić information content (AvgIpc) is 3.04. The van der Waals surface area contributed by atoms with Crippen molar-refractivity contribution in [2.75, 3.05) is 18.4 Å². The molecule has 32 heavy (non-hydrogen) atoms. The van der Waals surface area contributed by atoms with Crippen molar-refractivity contribution in [2.45, 2.75) is 49.1 Å². The lowest BCUT2D eigenvalue weighted by atomic mass is 10.0. The van der Waals surface area contributed by atoms with Gasteiger partial charge >= 0.3 is 0 Å². The molecule has 4 rings (SSSR count). The molecule has 2 aliphatic rings. The molecule has 0 saturated carbocycles. The maximum atomic E-state index is 5.88. The zero-order valence-corrected chi connectivity index (χ0v) is 20.5. The molecular weight excluding hydrogens is 511 g/mol. The zero-order chi connectivity index (χ0) is 22.2. The Morgan fingerprint density at radius 2 is 1.91 bits per heavy atom. The number of unbranched alkanes of at least 4 members (excludes halogenated alkanes) is 1. The third-order valence-electron chi connectivity index (χ3n) is 5.77. The summed E-state index contributed by atoms with van der Waals surface area (Å²) in [5.41, 5.74) is 11.8. The van der Waals surface area contributed by atoms with Crippen LogP contribution in [0.4, 0.5) is 5.82 Å². The highest BCUT2D eigenvalue weighted by Gasteiger charge is 2.17. The highest BCUT2D eigenvalue weighted by Crippen LogP contribution is 2.29. The minimum absolute atomic E-state index is 0.0728. The third-order valence-corrected chi connectivity index (χ3v) is 6.59. The Labute approximate surface area is 204 Å². The molecule has 7 heteroatoms. The predicted octanol–water partition coefficient (Wildman–Crippen LogP) is 4.85. The smallest absolute Gasteiger partial charge is 0.162 e. The average molecular weight is 542 g/mol. The number of anilines is 1. The molecule has 0 spiro atoms. The highest BCUT2D eigenvalue weighted by atomic mass is 127. The molecule has 2 aromatic rings. The Morgan fingerprint density at radius 1 is 1.06 bits per heavy atom. The summed E-state index contributed by atoms with van der Waals surface area (Å²) >= 11 is 2.41. The van der Waals surface area contributed by atoms with Gasteiger partial charge in [0, 0.05) is 40.6 Å². The Hall–Kier alpha value is -2.26. The van der Waals surface area contributed by atoms with Gasteiger partial charge in [0.2, 0.25) is 0 Å². The van der Waals surface area contributed by atoms with Gasteiger partial charge in [-0.2, -0.15) is 0 Å². The monoisotopic (exact) mass is 542 g/mol. The lowest BCUT2D eigenvalue weighted by molar-refractivity contribution is 0.610. The van der Waals surface area contributed by atoms with Crippen LogP contribution in [0.15, 0.2) is 47.1 Å². The van der Waals surface area contributed by atoms with Gasteiger partial charge in [0.05, 0.1) is 11.9 Å². The minimum Gasteiger partial charge on any atom is -0.388 e. The number of halogens is 1. The second-order valence-corrected chi connectivity index (χ2v) is 8.91. The number of alkyl halides is 1. The van der Waals surface area contributed by atoms with Crippen LogP contribution in [0.25, 0.3) is 17.5 Å². The van der Waals surface area contributed by atoms with Gasteiger partial charge in [-0.1, -0.05) is 59.0 Å². The van der Waals surface area contributed by atoms with E-state index in [1.165, 1.54) is 11.3 Å². The first-order valence-corrected chi connectivity index (χ1v) is 12.9. The van der Waals surface area contributed by atoms with Gasteiger partial charge in [0.25, 0.3) is 0 Å². The molecule has 1 aliphatic carbocycles. The Morgan fingerprint density at radius 3 is 2.78 bits per heavy atom. The summed E-state index contributed by atoms with van der Waals surface area (Å²) in [6.45, 7) is 1.84. The lowest BCUT2D eigenvalue weighted by Crippen LogP contribution is -2.19. The van der Waals surface area contributed by atoms with Gasteiger partial charge in [-0.3, -0.25) is 4.99 Å². The van der Waals surface area contributed by atoms with Crippen LogP contribution in [-0.4, -0.2) is 35.4 Å². The van der Waals surface area contributed by atoms with Crippen molar-refractivity contribution in [3.8, 4) is 11.4 Å². The van der Waals surface area contributed by atoms with Crippen molar-refractivity contribution >= 4 is 40.7 Å².